The van der Waals surface area contributed by atoms with Gasteiger partial charge in [0.15, 0.2) is 0 Å². The summed E-state index contributed by atoms with van der Waals surface area (Å²) in [6.07, 6.45) is -0.0308. The summed E-state index contributed by atoms with van der Waals surface area (Å²) in [6.45, 7) is 0. The van der Waals surface area contributed by atoms with E-state index < -0.39 is 21.8 Å². The second-order valence-electron chi connectivity index (χ2n) is 8.29. The first-order chi connectivity index (χ1) is 14.6. The van der Waals surface area contributed by atoms with E-state index in [-0.39, 0.29) is 22.5 Å². The predicted molar refractivity (Wildman–Crippen MR) is 110 cm³/mol. The summed E-state index contributed by atoms with van der Waals surface area (Å²) >= 11 is 0. The number of sulfonamides is 1. The highest BCUT2D eigenvalue weighted by Gasteiger charge is 2.45. The lowest BCUT2D eigenvalue weighted by molar-refractivity contribution is -0.137. The van der Waals surface area contributed by atoms with Gasteiger partial charge in [0.25, 0.3) is 15.9 Å². The van der Waals surface area contributed by atoms with Crippen LogP contribution in [-0.4, -0.2) is 32.3 Å². The van der Waals surface area contributed by atoms with Gasteiger partial charge in [0.1, 0.15) is 0 Å². The highest BCUT2D eigenvalue weighted by Crippen LogP contribution is 2.47. The number of alkyl halides is 3. The minimum Gasteiger partial charge on any atom is -0.338 e. The number of hydrogen-bond donors (Lipinski definition) is 1. The normalized spacial score (nSPS) is 16.9. The number of halogens is 3. The van der Waals surface area contributed by atoms with Crippen molar-refractivity contribution in [2.75, 3.05) is 11.8 Å². The third kappa shape index (κ3) is 4.87. The van der Waals surface area contributed by atoms with Crippen LogP contribution in [0.3, 0.4) is 0 Å². The summed E-state index contributed by atoms with van der Waals surface area (Å²) in [5, 5.41) is 0. The van der Waals surface area contributed by atoms with Gasteiger partial charge in [-0.1, -0.05) is 6.07 Å². The average Bonchev–Trinajstić information content (AvgIpc) is 3.62. The van der Waals surface area contributed by atoms with E-state index in [1.54, 1.807) is 11.9 Å². The van der Waals surface area contributed by atoms with E-state index in [1.165, 1.54) is 30.3 Å². The van der Waals surface area contributed by atoms with E-state index in [0.29, 0.717) is 17.4 Å². The number of carbonyl (C=O) groups excluding carboxylic acids is 1. The number of nitrogens with one attached hydrogen (secondary N) is 1. The van der Waals surface area contributed by atoms with Crippen molar-refractivity contribution in [3.8, 4) is 0 Å². The smallest absolute Gasteiger partial charge is 0.338 e. The fraction of sp³-hybridized carbons (Fsp3) is 0.409. The molecule has 2 aromatic carbocycles. The van der Waals surface area contributed by atoms with Gasteiger partial charge in [-0.3, -0.25) is 9.52 Å². The largest absolute Gasteiger partial charge is 0.416 e. The summed E-state index contributed by atoms with van der Waals surface area (Å²) in [5.41, 5.74) is -0.754. The van der Waals surface area contributed by atoms with E-state index in [1.807, 2.05) is 0 Å². The summed E-state index contributed by atoms with van der Waals surface area (Å²) in [7, 11) is -2.31. The standard InChI is InChI=1S/C22H23F3N2O3S/c1-27(20(14-5-6-14)15-7-8-15)21(28)16-9-11-19(12-10-16)31(29,30)26-18-4-2-3-17(13-18)22(23,24)25/h2-4,9-15,20,26H,5-8H2,1H3. The Morgan fingerprint density at radius 2 is 1.61 bits per heavy atom. The second kappa shape index (κ2) is 7.85. The summed E-state index contributed by atoms with van der Waals surface area (Å²) in [5.74, 6) is 0.953. The number of rotatable bonds is 7. The fourth-order valence-corrected chi connectivity index (χ4v) is 5.03. The molecule has 0 radical (unpaired) electrons. The van der Waals surface area contributed by atoms with Gasteiger partial charge in [0.05, 0.1) is 10.5 Å². The highest BCUT2D eigenvalue weighted by molar-refractivity contribution is 7.92. The molecule has 0 atom stereocenters. The summed E-state index contributed by atoms with van der Waals surface area (Å²) in [4.78, 5) is 14.5. The third-order valence-corrected chi connectivity index (χ3v) is 7.23. The molecule has 1 N–H and O–H groups in total. The van der Waals surface area contributed by atoms with Crippen molar-refractivity contribution in [1.29, 1.82) is 0 Å². The number of anilines is 1. The van der Waals surface area contributed by atoms with Crippen LogP contribution in [0.4, 0.5) is 18.9 Å². The molecule has 0 unspecified atom stereocenters. The first kappa shape index (κ1) is 21.7. The Morgan fingerprint density at radius 3 is 2.13 bits per heavy atom. The molecule has 0 aliphatic heterocycles. The van der Waals surface area contributed by atoms with E-state index in [0.717, 1.165) is 43.9 Å². The molecule has 2 aliphatic carbocycles. The average molecular weight is 452 g/mol. The SMILES string of the molecule is CN(C(=O)c1ccc(S(=O)(=O)Nc2cccc(C(F)(F)F)c2)cc1)C(C1CC1)C1CC1. The molecule has 0 saturated heterocycles. The lowest BCUT2D eigenvalue weighted by atomic mass is 10.0. The number of benzene rings is 2. The molecule has 0 bridgehead atoms. The minimum atomic E-state index is -4.58. The molecule has 2 aliphatic rings. The Balaban J connectivity index is 1.48. The molecule has 0 aromatic heterocycles. The molecule has 0 spiro atoms. The van der Waals surface area contributed by atoms with Crippen LogP contribution in [0.1, 0.15) is 41.6 Å². The van der Waals surface area contributed by atoms with Crippen LogP contribution in [-0.2, 0) is 16.2 Å². The quantitative estimate of drug-likeness (QED) is 0.658. The Kier molecular flexibility index (Phi) is 5.49. The maximum Gasteiger partial charge on any atom is 0.416 e. The number of carbonyl (C=O) groups is 1. The van der Waals surface area contributed by atoms with E-state index in [4.69, 9.17) is 0 Å². The lowest BCUT2D eigenvalue weighted by Gasteiger charge is -2.28. The van der Waals surface area contributed by atoms with Gasteiger partial charge in [-0.05, 0) is 80.0 Å². The van der Waals surface area contributed by atoms with Gasteiger partial charge >= 0.3 is 6.18 Å². The Morgan fingerprint density at radius 1 is 1.03 bits per heavy atom. The van der Waals surface area contributed by atoms with Crippen molar-refractivity contribution in [3.63, 3.8) is 0 Å². The molecule has 0 heterocycles. The van der Waals surface area contributed by atoms with Gasteiger partial charge in [-0.2, -0.15) is 13.2 Å². The van der Waals surface area contributed by atoms with Crippen LogP contribution in [0, 0.1) is 11.8 Å². The van der Waals surface area contributed by atoms with E-state index in [9.17, 15) is 26.4 Å². The van der Waals surface area contributed by atoms with Gasteiger partial charge in [0, 0.05) is 24.3 Å². The molecular formula is C22H23F3N2O3S. The van der Waals surface area contributed by atoms with Crippen LogP contribution in [0.5, 0.6) is 0 Å². The Labute approximate surface area is 179 Å². The van der Waals surface area contributed by atoms with Crippen molar-refractivity contribution >= 4 is 21.6 Å². The highest BCUT2D eigenvalue weighted by atomic mass is 32.2. The van der Waals surface area contributed by atoms with Crippen LogP contribution < -0.4 is 4.72 Å². The zero-order valence-electron chi connectivity index (χ0n) is 16.9. The zero-order valence-corrected chi connectivity index (χ0v) is 17.7. The van der Waals surface area contributed by atoms with Crippen molar-refractivity contribution in [2.24, 2.45) is 11.8 Å². The van der Waals surface area contributed by atoms with Crippen molar-refractivity contribution in [3.05, 3.63) is 59.7 Å². The topological polar surface area (TPSA) is 66.5 Å². The van der Waals surface area contributed by atoms with E-state index in [2.05, 4.69) is 4.72 Å². The van der Waals surface area contributed by atoms with E-state index >= 15 is 0 Å². The van der Waals surface area contributed by atoms with Crippen molar-refractivity contribution in [1.82, 2.24) is 4.90 Å². The summed E-state index contributed by atoms with van der Waals surface area (Å²) < 4.78 is 65.9. The van der Waals surface area contributed by atoms with Crippen LogP contribution >= 0.6 is 0 Å². The van der Waals surface area contributed by atoms with Crippen LogP contribution in [0.15, 0.2) is 53.4 Å². The molecule has 1 amide bonds. The van der Waals surface area contributed by atoms with Gasteiger partial charge < -0.3 is 4.90 Å². The second-order valence-corrected chi connectivity index (χ2v) is 9.97. The summed E-state index contributed by atoms with van der Waals surface area (Å²) in [6, 6.07) is 9.68. The minimum absolute atomic E-state index is 0.134. The molecule has 166 valence electrons. The Bertz CT molecular complexity index is 1060. The maximum absolute atomic E-state index is 12.9. The maximum atomic E-state index is 12.9. The molecule has 9 heteroatoms. The molecule has 31 heavy (non-hydrogen) atoms. The number of hydrogen-bond acceptors (Lipinski definition) is 3. The third-order valence-electron chi connectivity index (χ3n) is 5.83. The lowest BCUT2D eigenvalue weighted by Crippen LogP contribution is -2.40. The molecule has 4 rings (SSSR count). The molecule has 2 aromatic rings. The molecular weight excluding hydrogens is 429 g/mol. The van der Waals surface area contributed by atoms with Gasteiger partial charge in [-0.25, -0.2) is 8.42 Å². The Hall–Kier alpha value is -2.55. The number of nitrogens with zero attached hydrogens (tertiary/aromatic N) is 1. The zero-order chi connectivity index (χ0) is 22.4. The molecule has 5 nitrogen and oxygen atoms in total. The van der Waals surface area contributed by atoms with Crippen molar-refractivity contribution < 1.29 is 26.4 Å². The van der Waals surface area contributed by atoms with Crippen LogP contribution in [0.2, 0.25) is 0 Å². The van der Waals surface area contributed by atoms with Gasteiger partial charge in [-0.15, -0.1) is 0 Å². The fourth-order valence-electron chi connectivity index (χ4n) is 3.98. The van der Waals surface area contributed by atoms with Crippen molar-refractivity contribution in [2.45, 2.75) is 42.8 Å². The van der Waals surface area contributed by atoms with Crippen LogP contribution in [0.25, 0.3) is 0 Å². The molecule has 2 fully saturated rings. The monoisotopic (exact) mass is 452 g/mol. The van der Waals surface area contributed by atoms with Gasteiger partial charge in [0.2, 0.25) is 0 Å². The number of amides is 1. The first-order valence-corrected chi connectivity index (χ1v) is 11.6. The predicted octanol–water partition coefficient (Wildman–Crippen LogP) is 4.77. The first-order valence-electron chi connectivity index (χ1n) is 10.1. The molecule has 2 saturated carbocycles.